The summed E-state index contributed by atoms with van der Waals surface area (Å²) in [4.78, 5) is 29.6. The Morgan fingerprint density at radius 2 is 2.25 bits per heavy atom. The minimum Gasteiger partial charge on any atom is -0.465 e. The number of methoxy groups -OCH3 is 1. The molecule has 0 radical (unpaired) electrons. The Kier molecular flexibility index (Phi) is 2.26. The lowest BCUT2D eigenvalue weighted by Gasteiger charge is -2.02. The van der Waals surface area contributed by atoms with Gasteiger partial charge in [0, 0.05) is 13.1 Å². The number of hydrogen-bond donors (Lipinski definition) is 1. The lowest BCUT2D eigenvalue weighted by atomic mass is 10.2. The van der Waals surface area contributed by atoms with Crippen LogP contribution < -0.4 is 5.56 Å². The molecule has 2 rings (SSSR count). The van der Waals surface area contributed by atoms with E-state index >= 15 is 0 Å². The lowest BCUT2D eigenvalue weighted by molar-refractivity contribution is 0.0602. The Balaban J connectivity index is 2.90. The molecule has 0 spiro atoms. The predicted molar refractivity (Wildman–Crippen MR) is 57.4 cm³/mol. The van der Waals surface area contributed by atoms with Crippen molar-refractivity contribution in [2.45, 2.75) is 6.92 Å². The molecule has 2 aromatic rings. The Morgan fingerprint density at radius 3 is 2.88 bits per heavy atom. The molecule has 0 saturated carbocycles. The number of aromatic amines is 1. The highest BCUT2D eigenvalue weighted by atomic mass is 16.5. The summed E-state index contributed by atoms with van der Waals surface area (Å²) in [5.74, 6) is 0.168. The van der Waals surface area contributed by atoms with Crippen molar-refractivity contribution in [2.75, 3.05) is 7.11 Å². The standard InChI is InChI=1S/C10H11N3O3/c1-5-11-9-8(13(5)2)6(10(15)16-3)4-7(14)12-9/h4H,1-3H3,(H,12,14). The van der Waals surface area contributed by atoms with Gasteiger partial charge < -0.3 is 14.3 Å². The molecular formula is C10H11N3O3. The number of fused-ring (bicyclic) bond motifs is 1. The summed E-state index contributed by atoms with van der Waals surface area (Å²) in [7, 11) is 3.05. The highest BCUT2D eigenvalue weighted by molar-refractivity contribution is 6.01. The van der Waals surface area contributed by atoms with Crippen LogP contribution in [0.3, 0.4) is 0 Å². The number of imidazole rings is 1. The number of nitrogens with one attached hydrogen (secondary N) is 1. The van der Waals surface area contributed by atoms with Crippen molar-refractivity contribution in [3.63, 3.8) is 0 Å². The first-order chi connectivity index (χ1) is 7.54. The second-order valence-corrected chi connectivity index (χ2v) is 3.45. The fourth-order valence-electron chi connectivity index (χ4n) is 1.62. The van der Waals surface area contributed by atoms with E-state index in [0.717, 1.165) is 0 Å². The van der Waals surface area contributed by atoms with Crippen LogP contribution in [0.4, 0.5) is 0 Å². The van der Waals surface area contributed by atoms with Crippen molar-refractivity contribution in [1.82, 2.24) is 14.5 Å². The molecule has 2 aromatic heterocycles. The van der Waals surface area contributed by atoms with E-state index in [4.69, 9.17) is 0 Å². The summed E-state index contributed by atoms with van der Waals surface area (Å²) < 4.78 is 6.36. The number of hydrogen-bond acceptors (Lipinski definition) is 4. The quantitative estimate of drug-likeness (QED) is 0.705. The fourth-order valence-corrected chi connectivity index (χ4v) is 1.62. The van der Waals surface area contributed by atoms with E-state index in [-0.39, 0.29) is 11.1 Å². The van der Waals surface area contributed by atoms with E-state index in [9.17, 15) is 9.59 Å². The summed E-state index contributed by atoms with van der Waals surface area (Å²) in [6.07, 6.45) is 0. The van der Waals surface area contributed by atoms with Crippen LogP contribution in [0.5, 0.6) is 0 Å². The van der Waals surface area contributed by atoms with Gasteiger partial charge in [-0.05, 0) is 6.92 Å². The SMILES string of the molecule is COC(=O)c1cc(=O)[nH]c2nc(C)n(C)c12. The largest absolute Gasteiger partial charge is 0.465 e. The average molecular weight is 221 g/mol. The zero-order valence-corrected chi connectivity index (χ0v) is 9.20. The van der Waals surface area contributed by atoms with E-state index in [0.29, 0.717) is 17.0 Å². The number of pyridine rings is 1. The van der Waals surface area contributed by atoms with Gasteiger partial charge in [0.1, 0.15) is 11.3 Å². The minimum absolute atomic E-state index is 0.226. The fraction of sp³-hybridized carbons (Fsp3) is 0.300. The molecule has 16 heavy (non-hydrogen) atoms. The van der Waals surface area contributed by atoms with Crippen LogP contribution in [0, 0.1) is 6.92 Å². The number of nitrogens with zero attached hydrogens (tertiary/aromatic N) is 2. The summed E-state index contributed by atoms with van der Waals surface area (Å²) in [6.45, 7) is 1.79. The van der Waals surface area contributed by atoms with Crippen LogP contribution in [0.15, 0.2) is 10.9 Å². The molecule has 0 fully saturated rings. The maximum atomic E-state index is 11.5. The molecule has 0 saturated heterocycles. The van der Waals surface area contributed by atoms with Crippen molar-refractivity contribution >= 4 is 17.1 Å². The Morgan fingerprint density at radius 1 is 1.56 bits per heavy atom. The molecule has 0 aliphatic heterocycles. The first-order valence-electron chi connectivity index (χ1n) is 4.69. The van der Waals surface area contributed by atoms with Gasteiger partial charge in [-0.25, -0.2) is 9.78 Å². The summed E-state index contributed by atoms with van der Waals surface area (Å²) in [6, 6.07) is 1.22. The molecule has 84 valence electrons. The number of ether oxygens (including phenoxy) is 1. The van der Waals surface area contributed by atoms with Gasteiger partial charge in [-0.15, -0.1) is 0 Å². The molecule has 0 aliphatic carbocycles. The van der Waals surface area contributed by atoms with E-state index < -0.39 is 5.97 Å². The van der Waals surface area contributed by atoms with Gasteiger partial charge in [0.2, 0.25) is 0 Å². The number of rotatable bonds is 1. The Hall–Kier alpha value is -2.11. The van der Waals surface area contributed by atoms with Crippen molar-refractivity contribution in [2.24, 2.45) is 7.05 Å². The molecular weight excluding hydrogens is 210 g/mol. The molecule has 0 unspecified atom stereocenters. The van der Waals surface area contributed by atoms with E-state index in [1.165, 1.54) is 13.2 Å². The summed E-state index contributed by atoms with van der Waals surface area (Å²) in [5, 5.41) is 0. The van der Waals surface area contributed by atoms with Crippen LogP contribution in [0.25, 0.3) is 11.2 Å². The van der Waals surface area contributed by atoms with Gasteiger partial charge in [-0.1, -0.05) is 0 Å². The molecule has 0 atom stereocenters. The molecule has 6 heteroatoms. The number of aromatic nitrogens is 3. The first kappa shape index (κ1) is 10.4. The van der Waals surface area contributed by atoms with Gasteiger partial charge in [-0.3, -0.25) is 4.79 Å². The molecule has 0 amide bonds. The molecule has 2 heterocycles. The number of esters is 1. The summed E-state index contributed by atoms with van der Waals surface area (Å²) >= 11 is 0. The topological polar surface area (TPSA) is 77.0 Å². The molecule has 0 bridgehead atoms. The van der Waals surface area contributed by atoms with Gasteiger partial charge >= 0.3 is 5.97 Å². The van der Waals surface area contributed by atoms with Gasteiger partial charge in [0.15, 0.2) is 5.65 Å². The van der Waals surface area contributed by atoms with E-state index in [1.54, 1.807) is 18.5 Å². The maximum Gasteiger partial charge on any atom is 0.340 e. The van der Waals surface area contributed by atoms with Crippen LogP contribution in [-0.4, -0.2) is 27.6 Å². The van der Waals surface area contributed by atoms with Crippen molar-refractivity contribution in [3.05, 3.63) is 27.8 Å². The second kappa shape index (κ2) is 3.48. The number of carbonyl (C=O) groups excluding carboxylic acids is 1. The van der Waals surface area contributed by atoms with Crippen molar-refractivity contribution in [3.8, 4) is 0 Å². The average Bonchev–Trinajstić information content (AvgIpc) is 2.52. The molecule has 1 N–H and O–H groups in total. The zero-order valence-electron chi connectivity index (χ0n) is 9.20. The zero-order chi connectivity index (χ0) is 11.9. The van der Waals surface area contributed by atoms with Crippen LogP contribution in [0.1, 0.15) is 16.2 Å². The molecule has 0 aromatic carbocycles. The minimum atomic E-state index is -0.542. The Bertz CT molecular complexity index is 624. The lowest BCUT2D eigenvalue weighted by Crippen LogP contribution is -2.12. The van der Waals surface area contributed by atoms with Crippen molar-refractivity contribution < 1.29 is 9.53 Å². The first-order valence-corrected chi connectivity index (χ1v) is 4.69. The van der Waals surface area contributed by atoms with E-state index in [2.05, 4.69) is 14.7 Å². The van der Waals surface area contributed by atoms with Crippen LogP contribution >= 0.6 is 0 Å². The van der Waals surface area contributed by atoms with Gasteiger partial charge in [0.25, 0.3) is 5.56 Å². The highest BCUT2D eigenvalue weighted by Crippen LogP contribution is 2.16. The Labute approximate surface area is 90.9 Å². The van der Waals surface area contributed by atoms with Crippen LogP contribution in [-0.2, 0) is 11.8 Å². The predicted octanol–water partition coefficient (Wildman–Crippen LogP) is 0.357. The molecule has 0 aliphatic rings. The highest BCUT2D eigenvalue weighted by Gasteiger charge is 2.16. The normalized spacial score (nSPS) is 10.7. The number of H-pyrrole nitrogens is 1. The van der Waals surface area contributed by atoms with E-state index in [1.807, 2.05) is 0 Å². The van der Waals surface area contributed by atoms with Gasteiger partial charge in [0.05, 0.1) is 12.7 Å². The monoisotopic (exact) mass is 221 g/mol. The third kappa shape index (κ3) is 1.39. The van der Waals surface area contributed by atoms with Crippen LogP contribution in [0.2, 0.25) is 0 Å². The van der Waals surface area contributed by atoms with Gasteiger partial charge in [-0.2, -0.15) is 0 Å². The smallest absolute Gasteiger partial charge is 0.340 e. The second-order valence-electron chi connectivity index (χ2n) is 3.45. The maximum absolute atomic E-state index is 11.5. The third-order valence-corrected chi connectivity index (χ3v) is 2.50. The number of aryl methyl sites for hydroxylation is 2. The summed E-state index contributed by atoms with van der Waals surface area (Å²) in [5.41, 5.74) is 0.826. The van der Waals surface area contributed by atoms with Crippen molar-refractivity contribution in [1.29, 1.82) is 0 Å². The third-order valence-electron chi connectivity index (χ3n) is 2.50. The number of carbonyl (C=O) groups is 1. The molecule has 6 nitrogen and oxygen atoms in total.